The van der Waals surface area contributed by atoms with Gasteiger partial charge < -0.3 is 20.3 Å². The van der Waals surface area contributed by atoms with Gasteiger partial charge >= 0.3 is 0 Å². The first kappa shape index (κ1) is 25.4. The number of hydrogen-bond acceptors (Lipinski definition) is 4. The summed E-state index contributed by atoms with van der Waals surface area (Å²) in [6.45, 7) is 11.8. The second-order valence-electron chi connectivity index (χ2n) is 7.85. The number of nitrogens with one attached hydrogen (secondary N) is 2. The predicted molar refractivity (Wildman–Crippen MR) is 125 cm³/mol. The van der Waals surface area contributed by atoms with Crippen LogP contribution in [-0.2, 0) is 9.53 Å². The van der Waals surface area contributed by atoms with Crippen LogP contribution < -0.4 is 10.6 Å². The summed E-state index contributed by atoms with van der Waals surface area (Å²) in [5.41, 5.74) is 0.357. The molecule has 28 heavy (non-hydrogen) atoms. The molecule has 0 unspecified atom stereocenters. The number of halogens is 1. The van der Waals surface area contributed by atoms with Crippen LogP contribution in [0.1, 0.15) is 46.0 Å². The number of hydrogen-bond donors (Lipinski definition) is 2. The zero-order valence-corrected chi connectivity index (χ0v) is 20.3. The molecule has 2 rings (SSSR count). The van der Waals surface area contributed by atoms with Crippen LogP contribution in [0.15, 0.2) is 4.99 Å². The minimum absolute atomic E-state index is 0. The van der Waals surface area contributed by atoms with Gasteiger partial charge in [-0.15, -0.1) is 24.0 Å². The van der Waals surface area contributed by atoms with Gasteiger partial charge in [0.25, 0.3) is 0 Å². The van der Waals surface area contributed by atoms with E-state index in [1.807, 2.05) is 11.9 Å². The Hall–Kier alpha value is -0.610. The van der Waals surface area contributed by atoms with Gasteiger partial charge in [-0.1, -0.05) is 12.8 Å². The number of guanidine groups is 1. The fraction of sp³-hybridized carbons (Fsp3) is 0.900. The zero-order valence-electron chi connectivity index (χ0n) is 18.0. The molecule has 1 aliphatic carbocycles. The smallest absolute Gasteiger partial charge is 0.219 e. The maximum Gasteiger partial charge on any atom is 0.219 e. The third kappa shape index (κ3) is 8.41. The van der Waals surface area contributed by atoms with Crippen molar-refractivity contribution in [3.8, 4) is 0 Å². The normalized spacial score (nSPS) is 20.0. The van der Waals surface area contributed by atoms with E-state index in [2.05, 4.69) is 27.4 Å². The Morgan fingerprint density at radius 2 is 1.82 bits per heavy atom. The summed E-state index contributed by atoms with van der Waals surface area (Å²) >= 11 is 0. The van der Waals surface area contributed by atoms with Gasteiger partial charge in [0.05, 0.1) is 0 Å². The first-order valence-corrected chi connectivity index (χ1v) is 10.6. The Kier molecular flexibility index (Phi) is 12.3. The molecule has 1 amide bonds. The van der Waals surface area contributed by atoms with Crippen LogP contribution in [0.3, 0.4) is 0 Å². The molecule has 2 aliphatic rings. The Balaban J connectivity index is 0.00000392. The fourth-order valence-corrected chi connectivity index (χ4v) is 4.18. The van der Waals surface area contributed by atoms with Crippen molar-refractivity contribution in [2.24, 2.45) is 10.4 Å². The van der Waals surface area contributed by atoms with Gasteiger partial charge in [-0.2, -0.15) is 0 Å². The van der Waals surface area contributed by atoms with Crippen molar-refractivity contribution < 1.29 is 9.53 Å². The molecule has 0 aromatic carbocycles. The summed E-state index contributed by atoms with van der Waals surface area (Å²) in [6, 6.07) is 0. The van der Waals surface area contributed by atoms with E-state index in [1.54, 1.807) is 6.92 Å². The number of nitrogens with zero attached hydrogens (tertiary/aromatic N) is 3. The van der Waals surface area contributed by atoms with Gasteiger partial charge in [-0.25, -0.2) is 0 Å². The summed E-state index contributed by atoms with van der Waals surface area (Å²) < 4.78 is 5.60. The zero-order chi connectivity index (χ0) is 19.5. The molecule has 1 saturated heterocycles. The van der Waals surface area contributed by atoms with Crippen molar-refractivity contribution in [3.05, 3.63) is 0 Å². The van der Waals surface area contributed by atoms with E-state index in [-0.39, 0.29) is 29.9 Å². The van der Waals surface area contributed by atoms with Gasteiger partial charge in [-0.3, -0.25) is 14.7 Å². The van der Waals surface area contributed by atoms with Crippen molar-refractivity contribution in [1.82, 2.24) is 20.4 Å². The van der Waals surface area contributed by atoms with Crippen molar-refractivity contribution in [1.29, 1.82) is 0 Å². The molecule has 0 bridgehead atoms. The Bertz CT molecular complexity index is 475. The number of carbonyl (C=O) groups is 1. The van der Waals surface area contributed by atoms with Crippen molar-refractivity contribution >= 4 is 35.8 Å². The third-order valence-electron chi connectivity index (χ3n) is 6.04. The van der Waals surface area contributed by atoms with Crippen LogP contribution in [0.25, 0.3) is 0 Å². The molecule has 0 spiro atoms. The minimum Gasteiger partial charge on any atom is -0.382 e. The minimum atomic E-state index is 0. The molecule has 0 aromatic rings. The van der Waals surface area contributed by atoms with Crippen molar-refractivity contribution in [2.75, 3.05) is 66.1 Å². The molecule has 0 radical (unpaired) electrons. The quantitative estimate of drug-likeness (QED) is 0.215. The second kappa shape index (κ2) is 13.6. The van der Waals surface area contributed by atoms with Gasteiger partial charge in [0, 0.05) is 73.0 Å². The van der Waals surface area contributed by atoms with E-state index < -0.39 is 0 Å². The molecule has 164 valence electrons. The molecule has 2 N–H and O–H groups in total. The molecule has 1 aliphatic heterocycles. The van der Waals surface area contributed by atoms with Gasteiger partial charge in [0.1, 0.15) is 0 Å². The maximum absolute atomic E-state index is 11.4. The van der Waals surface area contributed by atoms with Crippen LogP contribution in [0, 0.1) is 5.41 Å². The highest BCUT2D eigenvalue weighted by atomic mass is 127. The number of rotatable bonds is 9. The van der Waals surface area contributed by atoms with E-state index >= 15 is 0 Å². The summed E-state index contributed by atoms with van der Waals surface area (Å²) in [5, 5.41) is 7.00. The standard InChI is InChI=1S/C20H39N5O2.HI/c1-4-27-16-9-20(7-5-6-8-20)17-23-19(21-3)22-10-11-24-12-14-25(15-13-24)18(2)26;/h4-17H2,1-3H3,(H2,21,22,23);1H. The molecular weight excluding hydrogens is 469 g/mol. The first-order valence-electron chi connectivity index (χ1n) is 10.6. The molecule has 0 aromatic heterocycles. The average molecular weight is 509 g/mol. The third-order valence-corrected chi connectivity index (χ3v) is 6.04. The largest absolute Gasteiger partial charge is 0.382 e. The van der Waals surface area contributed by atoms with Crippen LogP contribution >= 0.6 is 24.0 Å². The highest BCUT2D eigenvalue weighted by Gasteiger charge is 2.33. The first-order chi connectivity index (χ1) is 13.1. The van der Waals surface area contributed by atoms with E-state index in [1.165, 1.54) is 25.7 Å². The van der Waals surface area contributed by atoms with Crippen LogP contribution in [0.4, 0.5) is 0 Å². The topological polar surface area (TPSA) is 69.2 Å². The number of ether oxygens (including phenoxy) is 1. The molecular formula is C20H40IN5O2. The second-order valence-corrected chi connectivity index (χ2v) is 7.85. The van der Waals surface area contributed by atoms with Crippen molar-refractivity contribution in [2.45, 2.75) is 46.0 Å². The van der Waals surface area contributed by atoms with Crippen LogP contribution in [-0.4, -0.2) is 87.7 Å². The van der Waals surface area contributed by atoms with E-state index in [0.29, 0.717) is 5.41 Å². The Morgan fingerprint density at radius 1 is 1.14 bits per heavy atom. The van der Waals surface area contributed by atoms with E-state index in [0.717, 1.165) is 71.4 Å². The van der Waals surface area contributed by atoms with Crippen LogP contribution in [0.5, 0.6) is 0 Å². The SMILES string of the molecule is CCOCCC1(CNC(=NC)NCCN2CCN(C(C)=O)CC2)CCCC1.I. The fourth-order valence-electron chi connectivity index (χ4n) is 4.18. The highest BCUT2D eigenvalue weighted by molar-refractivity contribution is 14.0. The number of aliphatic imine (C=N–C) groups is 1. The summed E-state index contributed by atoms with van der Waals surface area (Å²) in [5.74, 6) is 1.07. The lowest BCUT2D eigenvalue weighted by Gasteiger charge is -2.34. The number of carbonyl (C=O) groups excluding carboxylic acids is 1. The highest BCUT2D eigenvalue weighted by Crippen LogP contribution is 2.40. The van der Waals surface area contributed by atoms with Gasteiger partial charge in [0.2, 0.25) is 5.91 Å². The van der Waals surface area contributed by atoms with Gasteiger partial charge in [0.15, 0.2) is 5.96 Å². The summed E-state index contributed by atoms with van der Waals surface area (Å²) in [7, 11) is 1.84. The molecule has 2 fully saturated rings. The predicted octanol–water partition coefficient (Wildman–Crippen LogP) is 1.92. The molecule has 7 nitrogen and oxygen atoms in total. The lowest BCUT2D eigenvalue weighted by molar-refractivity contribution is -0.130. The Labute approximate surface area is 188 Å². The summed E-state index contributed by atoms with van der Waals surface area (Å²) in [6.07, 6.45) is 6.35. The lowest BCUT2D eigenvalue weighted by Crippen LogP contribution is -2.50. The lowest BCUT2D eigenvalue weighted by atomic mass is 9.83. The van der Waals surface area contributed by atoms with E-state index in [4.69, 9.17) is 4.74 Å². The number of piperazine rings is 1. The average Bonchev–Trinajstić information content (AvgIpc) is 3.14. The summed E-state index contributed by atoms with van der Waals surface area (Å²) in [4.78, 5) is 20.1. The van der Waals surface area contributed by atoms with Crippen LogP contribution in [0.2, 0.25) is 0 Å². The monoisotopic (exact) mass is 509 g/mol. The Morgan fingerprint density at radius 3 is 2.39 bits per heavy atom. The van der Waals surface area contributed by atoms with E-state index in [9.17, 15) is 4.79 Å². The molecule has 1 heterocycles. The number of amides is 1. The van der Waals surface area contributed by atoms with Crippen molar-refractivity contribution in [3.63, 3.8) is 0 Å². The van der Waals surface area contributed by atoms with Gasteiger partial charge in [-0.05, 0) is 31.6 Å². The molecule has 0 atom stereocenters. The molecule has 1 saturated carbocycles. The molecule has 8 heteroatoms. The maximum atomic E-state index is 11.4.